The van der Waals surface area contributed by atoms with Crippen LogP contribution in [0.3, 0.4) is 0 Å². The Bertz CT molecular complexity index is 233. The molecule has 1 aromatic rings. The molecule has 2 N–H and O–H groups in total. The first-order chi connectivity index (χ1) is 7.38. The van der Waals surface area contributed by atoms with E-state index in [4.69, 9.17) is 0 Å². The summed E-state index contributed by atoms with van der Waals surface area (Å²) >= 11 is 0. The Hall–Kier alpha value is -0.900. The van der Waals surface area contributed by atoms with Gasteiger partial charge in [-0.25, -0.2) is 0 Å². The van der Waals surface area contributed by atoms with Gasteiger partial charge in [-0.1, -0.05) is 39.0 Å². The maximum Gasteiger partial charge on any atom is 0.0993 e. The number of unbranched alkanes of at least 4 members (excludes halogenated alkanes) is 4. The van der Waals surface area contributed by atoms with Crippen LogP contribution in [-0.2, 0) is 0 Å². The molecule has 1 unspecified atom stereocenters. The van der Waals surface area contributed by atoms with Crippen LogP contribution in [0.15, 0.2) is 6.20 Å². The number of nitrogens with one attached hydrogen (secondary N) is 2. The van der Waals surface area contributed by atoms with E-state index in [1.165, 1.54) is 32.1 Å². The number of hydrogen-bond donors (Lipinski definition) is 2. The molecule has 0 aliphatic heterocycles. The van der Waals surface area contributed by atoms with Gasteiger partial charge < -0.3 is 5.32 Å². The van der Waals surface area contributed by atoms with Crippen molar-refractivity contribution in [1.82, 2.24) is 20.7 Å². The van der Waals surface area contributed by atoms with Gasteiger partial charge in [0, 0.05) is 0 Å². The van der Waals surface area contributed by atoms with Gasteiger partial charge in [0.25, 0.3) is 0 Å². The number of H-pyrrole nitrogens is 1. The van der Waals surface area contributed by atoms with Gasteiger partial charge in [0.1, 0.15) is 0 Å². The van der Waals surface area contributed by atoms with Crippen LogP contribution in [0.25, 0.3) is 0 Å². The average molecular weight is 210 g/mol. The van der Waals surface area contributed by atoms with Gasteiger partial charge in [-0.15, -0.1) is 0 Å². The third-order valence-corrected chi connectivity index (χ3v) is 2.74. The van der Waals surface area contributed by atoms with Crippen molar-refractivity contribution in [1.29, 1.82) is 0 Å². The standard InChI is InChI=1S/C11H22N4/c1-3-4-5-6-7-8-10(12-2)11-9-13-15-14-11/h9-10,12H,3-8H2,1-2H3,(H,13,14,15). The lowest BCUT2D eigenvalue weighted by Gasteiger charge is -2.12. The molecule has 0 radical (unpaired) electrons. The summed E-state index contributed by atoms with van der Waals surface area (Å²) in [5.41, 5.74) is 1.02. The van der Waals surface area contributed by atoms with Crippen molar-refractivity contribution in [3.8, 4) is 0 Å². The zero-order valence-electron chi connectivity index (χ0n) is 9.79. The summed E-state index contributed by atoms with van der Waals surface area (Å²) < 4.78 is 0. The number of aromatic amines is 1. The van der Waals surface area contributed by atoms with Gasteiger partial charge in [-0.05, 0) is 13.5 Å². The molecular weight excluding hydrogens is 188 g/mol. The maximum absolute atomic E-state index is 4.10. The van der Waals surface area contributed by atoms with E-state index in [9.17, 15) is 0 Å². The zero-order valence-corrected chi connectivity index (χ0v) is 9.79. The largest absolute Gasteiger partial charge is 0.312 e. The van der Waals surface area contributed by atoms with Crippen LogP contribution in [0.1, 0.15) is 57.2 Å². The topological polar surface area (TPSA) is 53.6 Å². The van der Waals surface area contributed by atoms with Gasteiger partial charge in [0.05, 0.1) is 17.9 Å². The van der Waals surface area contributed by atoms with Crippen molar-refractivity contribution in [2.45, 2.75) is 51.5 Å². The predicted octanol–water partition coefficient (Wildman–Crippen LogP) is 2.43. The molecule has 0 amide bonds. The Morgan fingerprint density at radius 3 is 2.73 bits per heavy atom. The van der Waals surface area contributed by atoms with E-state index in [-0.39, 0.29) is 0 Å². The second kappa shape index (κ2) is 7.40. The molecule has 1 heterocycles. The van der Waals surface area contributed by atoms with Gasteiger partial charge in [-0.2, -0.15) is 15.4 Å². The fraction of sp³-hybridized carbons (Fsp3) is 0.818. The van der Waals surface area contributed by atoms with Crippen LogP contribution in [0, 0.1) is 0 Å². The number of nitrogens with zero attached hydrogens (tertiary/aromatic N) is 2. The third-order valence-electron chi connectivity index (χ3n) is 2.74. The van der Waals surface area contributed by atoms with Gasteiger partial charge >= 0.3 is 0 Å². The summed E-state index contributed by atoms with van der Waals surface area (Å²) in [4.78, 5) is 0. The first-order valence-electron chi connectivity index (χ1n) is 5.91. The second-order valence-corrected chi connectivity index (χ2v) is 3.94. The molecule has 0 bridgehead atoms. The van der Waals surface area contributed by atoms with E-state index in [1.807, 2.05) is 7.05 Å². The highest BCUT2D eigenvalue weighted by molar-refractivity contribution is 4.98. The number of aromatic nitrogens is 3. The van der Waals surface area contributed by atoms with E-state index in [2.05, 4.69) is 27.7 Å². The number of rotatable bonds is 8. The lowest BCUT2D eigenvalue weighted by molar-refractivity contribution is 0.491. The molecule has 86 valence electrons. The van der Waals surface area contributed by atoms with Crippen LogP contribution in [-0.4, -0.2) is 22.5 Å². The molecule has 1 atom stereocenters. The molecule has 0 aliphatic rings. The summed E-state index contributed by atoms with van der Waals surface area (Å²) in [6.07, 6.45) is 9.54. The fourth-order valence-corrected chi connectivity index (χ4v) is 1.77. The Balaban J connectivity index is 2.18. The summed E-state index contributed by atoms with van der Waals surface area (Å²) in [7, 11) is 1.98. The van der Waals surface area contributed by atoms with Crippen molar-refractivity contribution < 1.29 is 0 Å². The van der Waals surface area contributed by atoms with E-state index < -0.39 is 0 Å². The van der Waals surface area contributed by atoms with Crippen molar-refractivity contribution in [2.75, 3.05) is 7.05 Å². The van der Waals surface area contributed by atoms with E-state index in [0.717, 1.165) is 12.1 Å². The molecule has 0 aliphatic carbocycles. The molecule has 0 aromatic carbocycles. The molecule has 0 saturated carbocycles. The molecule has 15 heavy (non-hydrogen) atoms. The maximum atomic E-state index is 4.10. The quantitative estimate of drug-likeness (QED) is 0.648. The van der Waals surface area contributed by atoms with Crippen molar-refractivity contribution in [3.05, 3.63) is 11.9 Å². The summed E-state index contributed by atoms with van der Waals surface area (Å²) in [5.74, 6) is 0. The summed E-state index contributed by atoms with van der Waals surface area (Å²) in [5, 5.41) is 13.9. The van der Waals surface area contributed by atoms with E-state index >= 15 is 0 Å². The summed E-state index contributed by atoms with van der Waals surface area (Å²) in [6, 6.07) is 0.352. The van der Waals surface area contributed by atoms with Gasteiger partial charge in [0.15, 0.2) is 0 Å². The van der Waals surface area contributed by atoms with Crippen molar-refractivity contribution in [3.63, 3.8) is 0 Å². The van der Waals surface area contributed by atoms with Crippen LogP contribution in [0.4, 0.5) is 0 Å². The minimum Gasteiger partial charge on any atom is -0.312 e. The lowest BCUT2D eigenvalue weighted by atomic mass is 10.0. The zero-order chi connectivity index (χ0) is 10.9. The Morgan fingerprint density at radius 1 is 1.33 bits per heavy atom. The molecule has 4 nitrogen and oxygen atoms in total. The van der Waals surface area contributed by atoms with E-state index in [0.29, 0.717) is 6.04 Å². The van der Waals surface area contributed by atoms with Crippen LogP contribution in [0.5, 0.6) is 0 Å². The second-order valence-electron chi connectivity index (χ2n) is 3.94. The molecule has 4 heteroatoms. The van der Waals surface area contributed by atoms with Crippen LogP contribution >= 0.6 is 0 Å². The fourth-order valence-electron chi connectivity index (χ4n) is 1.77. The minimum atomic E-state index is 0.352. The molecule has 0 spiro atoms. The highest BCUT2D eigenvalue weighted by atomic mass is 15.3. The minimum absolute atomic E-state index is 0.352. The highest BCUT2D eigenvalue weighted by Gasteiger charge is 2.10. The average Bonchev–Trinajstić information content (AvgIpc) is 2.77. The van der Waals surface area contributed by atoms with Gasteiger partial charge in [-0.3, -0.25) is 0 Å². The Kier molecular flexibility index (Phi) is 6.00. The van der Waals surface area contributed by atoms with Crippen molar-refractivity contribution in [2.24, 2.45) is 0 Å². The van der Waals surface area contributed by atoms with Crippen LogP contribution in [0.2, 0.25) is 0 Å². The molecule has 1 rings (SSSR count). The molecule has 0 fully saturated rings. The van der Waals surface area contributed by atoms with Gasteiger partial charge in [0.2, 0.25) is 0 Å². The Labute approximate surface area is 91.9 Å². The normalized spacial score (nSPS) is 12.9. The molecule has 0 saturated heterocycles. The van der Waals surface area contributed by atoms with Crippen molar-refractivity contribution >= 4 is 0 Å². The smallest absolute Gasteiger partial charge is 0.0993 e. The Morgan fingerprint density at radius 2 is 2.13 bits per heavy atom. The van der Waals surface area contributed by atoms with Crippen LogP contribution < -0.4 is 5.32 Å². The SMILES string of the molecule is CCCCCCCC(NC)c1cn[nH]n1. The lowest BCUT2D eigenvalue weighted by Crippen LogP contribution is -2.16. The number of hydrogen-bond acceptors (Lipinski definition) is 3. The predicted molar refractivity (Wildman–Crippen MR) is 61.6 cm³/mol. The first kappa shape index (κ1) is 12.2. The van der Waals surface area contributed by atoms with E-state index in [1.54, 1.807) is 6.20 Å². The highest BCUT2D eigenvalue weighted by Crippen LogP contribution is 2.16. The first-order valence-corrected chi connectivity index (χ1v) is 5.91. The summed E-state index contributed by atoms with van der Waals surface area (Å²) in [6.45, 7) is 2.24. The third kappa shape index (κ3) is 4.42. The molecule has 1 aromatic heterocycles. The monoisotopic (exact) mass is 210 g/mol. The molecular formula is C11H22N4.